The number of allylic oxidation sites excluding steroid dienone is 2. The van der Waals surface area contributed by atoms with Gasteiger partial charge in [0.25, 0.3) is 0 Å². The van der Waals surface area contributed by atoms with Gasteiger partial charge in [-0.05, 0) is 29.7 Å². The molecule has 0 aromatic heterocycles. The monoisotopic (exact) mass is 216 g/mol. The van der Waals surface area contributed by atoms with Gasteiger partial charge in [0.1, 0.15) is 5.78 Å². The van der Waals surface area contributed by atoms with Gasteiger partial charge in [-0.1, -0.05) is 18.2 Å². The fourth-order valence-corrected chi connectivity index (χ4v) is 1.80. The number of ketones is 1. The zero-order valence-corrected chi connectivity index (χ0v) is 8.77. The number of carboxylic acids is 1. The predicted octanol–water partition coefficient (Wildman–Crippen LogP) is 2.52. The molecule has 3 nitrogen and oxygen atoms in total. The quantitative estimate of drug-likeness (QED) is 0.826. The van der Waals surface area contributed by atoms with Crippen LogP contribution in [0.3, 0.4) is 0 Å². The van der Waals surface area contributed by atoms with Crippen LogP contribution in [-0.2, 0) is 4.79 Å². The summed E-state index contributed by atoms with van der Waals surface area (Å²) in [6, 6.07) is 6.78. The molecule has 0 radical (unpaired) electrons. The molecule has 0 saturated carbocycles. The van der Waals surface area contributed by atoms with E-state index in [1.54, 1.807) is 24.3 Å². The van der Waals surface area contributed by atoms with Gasteiger partial charge in [-0.2, -0.15) is 0 Å². The standard InChI is InChI=1S/C13H12O3/c14-12-7-5-10(6-8-12)9-1-3-11(4-2-9)13(15)16/h1-5H,6-8H2,(H,15,16). The molecule has 1 N–H and O–H groups in total. The predicted molar refractivity (Wildman–Crippen MR) is 60.2 cm³/mol. The SMILES string of the molecule is O=C1CC=C(c2ccc(C(=O)O)cc2)CC1. The summed E-state index contributed by atoms with van der Waals surface area (Å²) in [5.74, 6) is -0.648. The van der Waals surface area contributed by atoms with Gasteiger partial charge in [-0.3, -0.25) is 4.79 Å². The van der Waals surface area contributed by atoms with Gasteiger partial charge in [0, 0.05) is 12.8 Å². The van der Waals surface area contributed by atoms with Gasteiger partial charge in [0.2, 0.25) is 0 Å². The van der Waals surface area contributed by atoms with Crippen LogP contribution in [0.2, 0.25) is 0 Å². The number of Topliss-reactive ketones (excluding diaryl/α,β-unsaturated/α-hetero) is 1. The van der Waals surface area contributed by atoms with Crippen LogP contribution in [-0.4, -0.2) is 16.9 Å². The lowest BCUT2D eigenvalue weighted by atomic mass is 9.92. The van der Waals surface area contributed by atoms with E-state index in [0.29, 0.717) is 12.8 Å². The Kier molecular flexibility index (Phi) is 2.86. The number of carboxylic acid groups (broad SMARTS) is 1. The molecule has 0 heterocycles. The van der Waals surface area contributed by atoms with Crippen LogP contribution in [0.4, 0.5) is 0 Å². The molecule has 0 amide bonds. The number of carbonyl (C=O) groups is 2. The maximum absolute atomic E-state index is 11.1. The average Bonchev–Trinajstić information content (AvgIpc) is 2.30. The van der Waals surface area contributed by atoms with E-state index in [9.17, 15) is 9.59 Å². The second-order valence-corrected chi connectivity index (χ2v) is 3.85. The van der Waals surface area contributed by atoms with Crippen molar-refractivity contribution in [1.82, 2.24) is 0 Å². The molecular weight excluding hydrogens is 204 g/mol. The Morgan fingerprint density at radius 1 is 1.12 bits per heavy atom. The molecule has 0 bridgehead atoms. The van der Waals surface area contributed by atoms with Crippen LogP contribution in [0.15, 0.2) is 30.3 Å². The van der Waals surface area contributed by atoms with Crippen LogP contribution in [0.5, 0.6) is 0 Å². The minimum absolute atomic E-state index is 0.269. The second-order valence-electron chi connectivity index (χ2n) is 3.85. The fourth-order valence-electron chi connectivity index (χ4n) is 1.80. The first-order valence-electron chi connectivity index (χ1n) is 5.21. The zero-order valence-electron chi connectivity index (χ0n) is 8.77. The summed E-state index contributed by atoms with van der Waals surface area (Å²) in [5.41, 5.74) is 2.44. The second kappa shape index (κ2) is 4.31. The number of hydrogen-bond acceptors (Lipinski definition) is 2. The minimum Gasteiger partial charge on any atom is -0.478 e. The fraction of sp³-hybridized carbons (Fsp3) is 0.231. The molecule has 3 heteroatoms. The molecular formula is C13H12O3. The highest BCUT2D eigenvalue weighted by Gasteiger charge is 2.12. The van der Waals surface area contributed by atoms with Crippen molar-refractivity contribution in [3.8, 4) is 0 Å². The Morgan fingerprint density at radius 3 is 2.31 bits per heavy atom. The summed E-state index contributed by atoms with van der Waals surface area (Å²) in [5, 5.41) is 8.76. The third-order valence-electron chi connectivity index (χ3n) is 2.75. The van der Waals surface area contributed by atoms with Gasteiger partial charge in [0.05, 0.1) is 5.56 Å². The van der Waals surface area contributed by atoms with Crippen molar-refractivity contribution >= 4 is 17.3 Å². The maximum atomic E-state index is 11.1. The van der Waals surface area contributed by atoms with Crippen LogP contribution in [0.1, 0.15) is 35.2 Å². The molecule has 0 fully saturated rings. The van der Waals surface area contributed by atoms with Gasteiger partial charge < -0.3 is 5.11 Å². The molecule has 1 aliphatic carbocycles. The summed E-state index contributed by atoms with van der Waals surface area (Å²) in [7, 11) is 0. The number of carbonyl (C=O) groups excluding carboxylic acids is 1. The lowest BCUT2D eigenvalue weighted by Gasteiger charge is -2.12. The normalized spacial score (nSPS) is 15.8. The summed E-state index contributed by atoms with van der Waals surface area (Å²) in [6.07, 6.45) is 3.77. The van der Waals surface area contributed by atoms with Gasteiger partial charge >= 0.3 is 5.97 Å². The lowest BCUT2D eigenvalue weighted by molar-refractivity contribution is -0.118. The molecule has 82 valence electrons. The summed E-state index contributed by atoms with van der Waals surface area (Å²) < 4.78 is 0. The molecule has 1 aromatic carbocycles. The Balaban J connectivity index is 2.22. The molecule has 0 spiro atoms. The van der Waals surface area contributed by atoms with Gasteiger partial charge in [0.15, 0.2) is 0 Å². The third kappa shape index (κ3) is 2.19. The maximum Gasteiger partial charge on any atom is 0.335 e. The molecule has 1 aromatic rings. The number of benzene rings is 1. The highest BCUT2D eigenvalue weighted by Crippen LogP contribution is 2.25. The van der Waals surface area contributed by atoms with Crippen molar-refractivity contribution in [2.75, 3.05) is 0 Å². The summed E-state index contributed by atoms with van der Waals surface area (Å²) in [6.45, 7) is 0. The van der Waals surface area contributed by atoms with Gasteiger partial charge in [-0.15, -0.1) is 0 Å². The minimum atomic E-state index is -0.917. The van der Waals surface area contributed by atoms with Crippen LogP contribution in [0.25, 0.3) is 5.57 Å². The van der Waals surface area contributed by atoms with Crippen molar-refractivity contribution in [2.45, 2.75) is 19.3 Å². The first-order valence-corrected chi connectivity index (χ1v) is 5.21. The topological polar surface area (TPSA) is 54.4 Å². The number of aromatic carboxylic acids is 1. The Hall–Kier alpha value is -1.90. The van der Waals surface area contributed by atoms with E-state index in [0.717, 1.165) is 17.6 Å². The van der Waals surface area contributed by atoms with Crippen molar-refractivity contribution < 1.29 is 14.7 Å². The van der Waals surface area contributed by atoms with Gasteiger partial charge in [-0.25, -0.2) is 4.79 Å². The summed E-state index contributed by atoms with van der Waals surface area (Å²) >= 11 is 0. The number of hydrogen-bond donors (Lipinski definition) is 1. The molecule has 0 saturated heterocycles. The molecule has 16 heavy (non-hydrogen) atoms. The van der Waals surface area contributed by atoms with Crippen LogP contribution >= 0.6 is 0 Å². The molecule has 0 aliphatic heterocycles. The smallest absolute Gasteiger partial charge is 0.335 e. The highest BCUT2D eigenvalue weighted by atomic mass is 16.4. The molecule has 2 rings (SSSR count). The van der Waals surface area contributed by atoms with E-state index in [4.69, 9.17) is 5.11 Å². The summed E-state index contributed by atoms with van der Waals surface area (Å²) in [4.78, 5) is 21.7. The lowest BCUT2D eigenvalue weighted by Crippen LogP contribution is -2.03. The third-order valence-corrected chi connectivity index (χ3v) is 2.75. The Morgan fingerprint density at radius 2 is 1.81 bits per heavy atom. The van der Waals surface area contributed by atoms with E-state index in [1.165, 1.54) is 0 Å². The Labute approximate surface area is 93.4 Å². The van der Waals surface area contributed by atoms with Crippen molar-refractivity contribution in [3.63, 3.8) is 0 Å². The van der Waals surface area contributed by atoms with Crippen molar-refractivity contribution in [3.05, 3.63) is 41.5 Å². The first kappa shape index (κ1) is 10.6. The first-order chi connectivity index (χ1) is 7.66. The van der Waals surface area contributed by atoms with Crippen molar-refractivity contribution in [2.24, 2.45) is 0 Å². The highest BCUT2D eigenvalue weighted by molar-refractivity contribution is 5.89. The molecule has 0 unspecified atom stereocenters. The Bertz CT molecular complexity index is 455. The van der Waals surface area contributed by atoms with Crippen LogP contribution < -0.4 is 0 Å². The average molecular weight is 216 g/mol. The van der Waals surface area contributed by atoms with E-state index >= 15 is 0 Å². The van der Waals surface area contributed by atoms with Crippen molar-refractivity contribution in [1.29, 1.82) is 0 Å². The number of rotatable bonds is 2. The van der Waals surface area contributed by atoms with E-state index in [2.05, 4.69) is 0 Å². The van der Waals surface area contributed by atoms with E-state index in [1.807, 2.05) is 6.08 Å². The molecule has 1 aliphatic rings. The van der Waals surface area contributed by atoms with Crippen LogP contribution in [0, 0.1) is 0 Å². The zero-order chi connectivity index (χ0) is 11.5. The largest absolute Gasteiger partial charge is 0.478 e. The molecule has 0 atom stereocenters. The van der Waals surface area contributed by atoms with E-state index in [-0.39, 0.29) is 11.3 Å². The van der Waals surface area contributed by atoms with E-state index < -0.39 is 5.97 Å².